The topological polar surface area (TPSA) is 187 Å². The SMILES string of the molecule is COc1cc(N(CC(=O)O)CC(=O)O)c2nc(Oc3cc(C)ccc3N(CC(=O)O)CC(=O)O)ccc2c1. The number of methoxy groups -OCH3 is 1. The molecule has 0 saturated carbocycles. The number of benzene rings is 2. The number of carboxylic acids is 4. The van der Waals surface area contributed by atoms with Crippen molar-refractivity contribution in [1.29, 1.82) is 0 Å². The molecule has 0 aliphatic rings. The summed E-state index contributed by atoms with van der Waals surface area (Å²) in [6.45, 7) is -0.672. The molecular weight excluding hydrogens is 502 g/mol. The predicted molar refractivity (Wildman–Crippen MR) is 135 cm³/mol. The summed E-state index contributed by atoms with van der Waals surface area (Å²) in [5.74, 6) is -4.47. The third kappa shape index (κ3) is 7.00. The third-order valence-electron chi connectivity index (χ3n) is 5.27. The molecular formula is C25H25N3O10. The summed E-state index contributed by atoms with van der Waals surface area (Å²) in [7, 11) is 1.41. The minimum absolute atomic E-state index is 0.0203. The van der Waals surface area contributed by atoms with E-state index < -0.39 is 50.1 Å². The van der Waals surface area contributed by atoms with E-state index in [1.54, 1.807) is 31.2 Å². The predicted octanol–water partition coefficient (Wildman–Crippen LogP) is 2.30. The van der Waals surface area contributed by atoms with Gasteiger partial charge in [-0.25, -0.2) is 4.98 Å². The first-order chi connectivity index (χ1) is 18.0. The van der Waals surface area contributed by atoms with Crippen LogP contribution in [0.1, 0.15) is 5.56 Å². The molecule has 200 valence electrons. The Bertz CT molecular complexity index is 1360. The summed E-state index contributed by atoms with van der Waals surface area (Å²) < 4.78 is 11.3. The molecule has 3 rings (SSSR count). The second kappa shape index (κ2) is 11.8. The zero-order chi connectivity index (χ0) is 28.0. The van der Waals surface area contributed by atoms with Crippen LogP contribution in [0.15, 0.2) is 42.5 Å². The number of rotatable bonds is 13. The minimum Gasteiger partial charge on any atom is -0.497 e. The Morgan fingerprint density at radius 3 is 1.84 bits per heavy atom. The fourth-order valence-electron chi connectivity index (χ4n) is 3.77. The molecule has 3 aromatic rings. The first kappa shape index (κ1) is 27.5. The van der Waals surface area contributed by atoms with E-state index in [-0.39, 0.29) is 28.5 Å². The summed E-state index contributed by atoms with van der Waals surface area (Å²) in [5.41, 5.74) is 1.36. The number of fused-ring (bicyclic) bond motifs is 1. The number of anilines is 2. The monoisotopic (exact) mass is 527 g/mol. The molecule has 38 heavy (non-hydrogen) atoms. The smallest absolute Gasteiger partial charge is 0.323 e. The normalized spacial score (nSPS) is 10.6. The van der Waals surface area contributed by atoms with E-state index in [1.165, 1.54) is 25.3 Å². The van der Waals surface area contributed by atoms with Crippen molar-refractivity contribution in [3.05, 3.63) is 48.0 Å². The Kier molecular flexibility index (Phi) is 8.53. The highest BCUT2D eigenvalue weighted by molar-refractivity contribution is 5.95. The highest BCUT2D eigenvalue weighted by atomic mass is 16.5. The van der Waals surface area contributed by atoms with Crippen molar-refractivity contribution in [2.45, 2.75) is 6.92 Å². The highest BCUT2D eigenvalue weighted by Gasteiger charge is 2.22. The van der Waals surface area contributed by atoms with Gasteiger partial charge in [-0.15, -0.1) is 0 Å². The maximum atomic E-state index is 11.5. The van der Waals surface area contributed by atoms with Crippen LogP contribution < -0.4 is 19.3 Å². The van der Waals surface area contributed by atoms with Crippen LogP contribution in [-0.4, -0.2) is 82.6 Å². The average molecular weight is 527 g/mol. The lowest BCUT2D eigenvalue weighted by Gasteiger charge is -2.24. The van der Waals surface area contributed by atoms with Crippen molar-refractivity contribution in [2.24, 2.45) is 0 Å². The molecule has 0 saturated heterocycles. The fourth-order valence-corrected chi connectivity index (χ4v) is 3.77. The van der Waals surface area contributed by atoms with E-state index in [9.17, 15) is 39.6 Å². The van der Waals surface area contributed by atoms with Crippen molar-refractivity contribution < 1.29 is 49.1 Å². The van der Waals surface area contributed by atoms with Gasteiger partial charge in [0.25, 0.3) is 0 Å². The maximum Gasteiger partial charge on any atom is 0.323 e. The van der Waals surface area contributed by atoms with Crippen LogP contribution in [0.4, 0.5) is 11.4 Å². The van der Waals surface area contributed by atoms with Crippen molar-refractivity contribution in [3.63, 3.8) is 0 Å². The van der Waals surface area contributed by atoms with Gasteiger partial charge in [0.1, 0.15) is 31.9 Å². The fraction of sp³-hybridized carbons (Fsp3) is 0.240. The molecule has 0 unspecified atom stereocenters. The lowest BCUT2D eigenvalue weighted by Crippen LogP contribution is -2.34. The zero-order valence-corrected chi connectivity index (χ0v) is 20.4. The number of aliphatic carboxylic acids is 4. The Balaban J connectivity index is 2.13. The molecule has 1 heterocycles. The number of nitrogens with zero attached hydrogens (tertiary/aromatic N) is 3. The molecule has 1 aromatic heterocycles. The molecule has 0 bridgehead atoms. The standard InChI is InChI=1S/C25H25N3O10/c1-14-3-5-17(27(10-21(29)30)11-22(31)32)19(7-14)38-20-6-4-15-8-16(37-2)9-18(25(15)26-20)28(12-23(33)34)13-24(35)36/h3-9H,10-13H2,1-2H3,(H,29,30)(H,31,32)(H,33,34)(H,35,36). The van der Waals surface area contributed by atoms with E-state index in [0.717, 1.165) is 15.4 Å². The number of carboxylic acid groups (broad SMARTS) is 4. The van der Waals surface area contributed by atoms with E-state index in [0.29, 0.717) is 11.1 Å². The van der Waals surface area contributed by atoms with Gasteiger partial charge in [-0.1, -0.05) is 6.07 Å². The zero-order valence-electron chi connectivity index (χ0n) is 20.4. The summed E-state index contributed by atoms with van der Waals surface area (Å²) >= 11 is 0. The maximum absolute atomic E-state index is 11.5. The van der Waals surface area contributed by atoms with Crippen molar-refractivity contribution in [3.8, 4) is 17.4 Å². The molecule has 0 atom stereocenters. The van der Waals surface area contributed by atoms with Crippen LogP contribution in [0.2, 0.25) is 0 Å². The van der Waals surface area contributed by atoms with Gasteiger partial charge in [0.2, 0.25) is 5.88 Å². The molecule has 0 radical (unpaired) electrons. The number of hydrogen-bond donors (Lipinski definition) is 4. The van der Waals surface area contributed by atoms with Gasteiger partial charge in [-0.2, -0.15) is 0 Å². The molecule has 4 N–H and O–H groups in total. The number of pyridine rings is 1. The third-order valence-corrected chi connectivity index (χ3v) is 5.27. The number of carbonyl (C=O) groups is 4. The van der Waals surface area contributed by atoms with Crippen LogP contribution in [0.5, 0.6) is 17.4 Å². The number of hydrogen-bond acceptors (Lipinski definition) is 9. The Labute approximate surface area is 216 Å². The first-order valence-electron chi connectivity index (χ1n) is 11.1. The van der Waals surface area contributed by atoms with Crippen molar-refractivity contribution >= 4 is 46.2 Å². The molecule has 0 aliphatic carbocycles. The average Bonchev–Trinajstić information content (AvgIpc) is 2.81. The van der Waals surface area contributed by atoms with Gasteiger partial charge in [-0.3, -0.25) is 19.2 Å². The largest absolute Gasteiger partial charge is 0.497 e. The van der Waals surface area contributed by atoms with Crippen molar-refractivity contribution in [1.82, 2.24) is 4.98 Å². The van der Waals surface area contributed by atoms with E-state index in [4.69, 9.17) is 9.47 Å². The highest BCUT2D eigenvalue weighted by Crippen LogP contribution is 2.36. The van der Waals surface area contributed by atoms with Crippen LogP contribution >= 0.6 is 0 Å². The summed E-state index contributed by atoms with van der Waals surface area (Å²) in [4.78, 5) is 52.4. The molecule has 13 nitrogen and oxygen atoms in total. The van der Waals surface area contributed by atoms with Crippen LogP contribution in [0.3, 0.4) is 0 Å². The van der Waals surface area contributed by atoms with Crippen LogP contribution in [0.25, 0.3) is 10.9 Å². The molecule has 0 fully saturated rings. The molecule has 2 aromatic carbocycles. The van der Waals surface area contributed by atoms with Crippen LogP contribution in [0, 0.1) is 6.92 Å². The van der Waals surface area contributed by atoms with E-state index in [1.807, 2.05) is 0 Å². The Morgan fingerprint density at radius 1 is 0.763 bits per heavy atom. The van der Waals surface area contributed by atoms with Crippen molar-refractivity contribution in [2.75, 3.05) is 43.1 Å². The van der Waals surface area contributed by atoms with Gasteiger partial charge < -0.3 is 39.7 Å². The molecule has 0 aliphatic heterocycles. The van der Waals surface area contributed by atoms with Gasteiger partial charge >= 0.3 is 23.9 Å². The number of aryl methyl sites for hydroxylation is 1. The van der Waals surface area contributed by atoms with Gasteiger partial charge in [0, 0.05) is 17.5 Å². The Hall–Kier alpha value is -5.07. The quantitative estimate of drug-likeness (QED) is 0.254. The minimum atomic E-state index is -1.25. The molecule has 0 amide bonds. The second-order valence-corrected chi connectivity index (χ2v) is 8.23. The number of aromatic nitrogens is 1. The summed E-state index contributed by atoms with van der Waals surface area (Å²) in [6, 6.07) is 11.0. The number of ether oxygens (including phenoxy) is 2. The second-order valence-electron chi connectivity index (χ2n) is 8.23. The Morgan fingerprint density at radius 2 is 1.32 bits per heavy atom. The summed E-state index contributed by atoms with van der Waals surface area (Å²) in [5, 5.41) is 37.7. The van der Waals surface area contributed by atoms with E-state index in [2.05, 4.69) is 4.98 Å². The summed E-state index contributed by atoms with van der Waals surface area (Å²) in [6.07, 6.45) is 0. The van der Waals surface area contributed by atoms with Gasteiger partial charge in [0.15, 0.2) is 5.75 Å². The first-order valence-corrected chi connectivity index (χ1v) is 11.1. The molecule has 13 heteroatoms. The van der Waals surface area contributed by atoms with Crippen LogP contribution in [-0.2, 0) is 19.2 Å². The lowest BCUT2D eigenvalue weighted by atomic mass is 10.1. The van der Waals surface area contributed by atoms with Gasteiger partial charge in [0.05, 0.1) is 24.0 Å². The van der Waals surface area contributed by atoms with E-state index >= 15 is 0 Å². The lowest BCUT2D eigenvalue weighted by molar-refractivity contribution is -0.138. The van der Waals surface area contributed by atoms with Gasteiger partial charge in [-0.05, 0) is 36.8 Å². The molecule has 0 spiro atoms.